The molecule has 0 rings (SSSR count). The van der Waals surface area contributed by atoms with E-state index in [1.165, 1.54) is 6.92 Å². The molecule has 3 nitrogen and oxygen atoms in total. The zero-order chi connectivity index (χ0) is 10.1. The maximum Gasteiger partial charge on any atom is 0.216 e. The molecule has 0 spiro atoms. The maximum atomic E-state index is 10.5. The van der Waals surface area contributed by atoms with Crippen molar-refractivity contribution in [3.8, 4) is 0 Å². The second-order valence-corrected chi connectivity index (χ2v) is 3.44. The summed E-state index contributed by atoms with van der Waals surface area (Å²) in [5.74, 6) is 0.478. The molecule has 0 aromatic carbocycles. The molecule has 2 N–H and O–H groups in total. The zero-order valence-corrected chi connectivity index (χ0v) is 8.68. The zero-order valence-electron chi connectivity index (χ0n) is 8.68. The Morgan fingerprint density at radius 1 is 1.46 bits per heavy atom. The first-order valence-corrected chi connectivity index (χ1v) is 5.06. The first-order valence-electron chi connectivity index (χ1n) is 5.06. The second-order valence-electron chi connectivity index (χ2n) is 3.44. The van der Waals surface area contributed by atoms with Crippen LogP contribution in [0.2, 0.25) is 0 Å². The number of hydrogen-bond donors (Lipinski definition) is 2. The lowest BCUT2D eigenvalue weighted by atomic mass is 10.0. The van der Waals surface area contributed by atoms with E-state index < -0.39 is 0 Å². The average molecular weight is 187 g/mol. The van der Waals surface area contributed by atoms with Gasteiger partial charge in [0, 0.05) is 20.1 Å². The van der Waals surface area contributed by atoms with Crippen molar-refractivity contribution in [2.24, 2.45) is 5.92 Å². The van der Waals surface area contributed by atoms with Gasteiger partial charge in [-0.05, 0) is 18.8 Å². The van der Waals surface area contributed by atoms with E-state index in [1.807, 2.05) is 0 Å². The summed E-state index contributed by atoms with van der Waals surface area (Å²) >= 11 is 0. The van der Waals surface area contributed by atoms with Gasteiger partial charge in [-0.15, -0.1) is 0 Å². The van der Waals surface area contributed by atoms with E-state index in [0.29, 0.717) is 5.92 Å². The molecule has 13 heavy (non-hydrogen) atoms. The van der Waals surface area contributed by atoms with Crippen molar-refractivity contribution in [2.75, 3.05) is 13.2 Å². The first-order chi connectivity index (χ1) is 6.20. The fourth-order valence-electron chi connectivity index (χ4n) is 1.25. The van der Waals surface area contributed by atoms with Crippen LogP contribution in [0.5, 0.6) is 0 Å². The summed E-state index contributed by atoms with van der Waals surface area (Å²) in [5.41, 5.74) is 0. The second kappa shape index (κ2) is 8.05. The number of hydrogen-bond acceptors (Lipinski definition) is 2. The molecule has 1 amide bonds. The summed E-state index contributed by atoms with van der Waals surface area (Å²) in [6, 6.07) is 0. The van der Waals surface area contributed by atoms with Gasteiger partial charge in [0.15, 0.2) is 0 Å². The molecule has 0 aliphatic heterocycles. The van der Waals surface area contributed by atoms with Crippen LogP contribution >= 0.6 is 0 Å². The number of rotatable bonds is 7. The predicted molar refractivity (Wildman–Crippen MR) is 53.4 cm³/mol. The summed E-state index contributed by atoms with van der Waals surface area (Å²) in [5, 5.41) is 11.7. The van der Waals surface area contributed by atoms with Gasteiger partial charge in [0.2, 0.25) is 5.91 Å². The van der Waals surface area contributed by atoms with Crippen molar-refractivity contribution in [1.29, 1.82) is 0 Å². The number of amides is 1. The molecule has 1 unspecified atom stereocenters. The third-order valence-corrected chi connectivity index (χ3v) is 2.25. The molecule has 0 bridgehead atoms. The number of carbonyl (C=O) groups is 1. The van der Waals surface area contributed by atoms with Crippen LogP contribution in [0.15, 0.2) is 0 Å². The van der Waals surface area contributed by atoms with Gasteiger partial charge in [-0.25, -0.2) is 0 Å². The summed E-state index contributed by atoms with van der Waals surface area (Å²) in [6.07, 6.45) is 4.19. The van der Waals surface area contributed by atoms with Gasteiger partial charge < -0.3 is 10.4 Å². The fourth-order valence-corrected chi connectivity index (χ4v) is 1.25. The quantitative estimate of drug-likeness (QED) is 0.590. The van der Waals surface area contributed by atoms with Crippen molar-refractivity contribution in [2.45, 2.75) is 39.5 Å². The standard InChI is InChI=1S/C10H21NO2/c1-3-10(8-12)6-4-5-7-11-9(2)13/h10,12H,3-8H2,1-2H3,(H,11,13). The minimum atomic E-state index is 0.0363. The first kappa shape index (κ1) is 12.4. The van der Waals surface area contributed by atoms with Crippen molar-refractivity contribution in [1.82, 2.24) is 5.32 Å². The topological polar surface area (TPSA) is 49.3 Å². The van der Waals surface area contributed by atoms with Crippen molar-refractivity contribution < 1.29 is 9.90 Å². The van der Waals surface area contributed by atoms with Gasteiger partial charge in [0.1, 0.15) is 0 Å². The van der Waals surface area contributed by atoms with Gasteiger partial charge in [-0.3, -0.25) is 4.79 Å². The van der Waals surface area contributed by atoms with Crippen molar-refractivity contribution in [3.05, 3.63) is 0 Å². The van der Waals surface area contributed by atoms with Crippen LogP contribution in [0.3, 0.4) is 0 Å². The molecule has 0 radical (unpaired) electrons. The number of nitrogens with one attached hydrogen (secondary N) is 1. The monoisotopic (exact) mass is 187 g/mol. The third-order valence-electron chi connectivity index (χ3n) is 2.25. The van der Waals surface area contributed by atoms with E-state index in [1.54, 1.807) is 0 Å². The highest BCUT2D eigenvalue weighted by atomic mass is 16.3. The Labute approximate surface area is 80.5 Å². The Kier molecular flexibility index (Phi) is 7.69. The minimum absolute atomic E-state index is 0.0363. The molecule has 0 saturated heterocycles. The van der Waals surface area contributed by atoms with E-state index in [2.05, 4.69) is 12.2 Å². The normalized spacial score (nSPS) is 12.5. The molecule has 0 heterocycles. The van der Waals surface area contributed by atoms with E-state index in [4.69, 9.17) is 5.11 Å². The van der Waals surface area contributed by atoms with E-state index in [0.717, 1.165) is 32.2 Å². The minimum Gasteiger partial charge on any atom is -0.396 e. The molecule has 0 aliphatic carbocycles. The molecule has 78 valence electrons. The van der Waals surface area contributed by atoms with Gasteiger partial charge in [-0.1, -0.05) is 19.8 Å². The Hall–Kier alpha value is -0.570. The van der Waals surface area contributed by atoms with E-state index >= 15 is 0 Å². The molecule has 0 aliphatic rings. The van der Waals surface area contributed by atoms with E-state index in [-0.39, 0.29) is 12.5 Å². The summed E-state index contributed by atoms with van der Waals surface area (Å²) < 4.78 is 0. The molecule has 0 aromatic heterocycles. The highest BCUT2D eigenvalue weighted by molar-refractivity contribution is 5.72. The lowest BCUT2D eigenvalue weighted by molar-refractivity contribution is -0.118. The fraction of sp³-hybridized carbons (Fsp3) is 0.900. The van der Waals surface area contributed by atoms with E-state index in [9.17, 15) is 4.79 Å². The van der Waals surface area contributed by atoms with Crippen LogP contribution in [0.1, 0.15) is 39.5 Å². The third kappa shape index (κ3) is 7.78. The molecular weight excluding hydrogens is 166 g/mol. The van der Waals surface area contributed by atoms with Crippen LogP contribution in [0, 0.1) is 5.92 Å². The van der Waals surface area contributed by atoms with Crippen LogP contribution in [0.25, 0.3) is 0 Å². The largest absolute Gasteiger partial charge is 0.396 e. The Morgan fingerprint density at radius 3 is 2.62 bits per heavy atom. The van der Waals surface area contributed by atoms with Crippen molar-refractivity contribution in [3.63, 3.8) is 0 Å². The average Bonchev–Trinajstić information content (AvgIpc) is 2.11. The number of carbonyl (C=O) groups excluding carboxylic acids is 1. The molecule has 3 heteroatoms. The smallest absolute Gasteiger partial charge is 0.216 e. The molecule has 0 fully saturated rings. The van der Waals surface area contributed by atoms with Crippen molar-refractivity contribution >= 4 is 5.91 Å². The number of aliphatic hydroxyl groups is 1. The Bertz CT molecular complexity index is 133. The van der Waals surface area contributed by atoms with Gasteiger partial charge in [-0.2, -0.15) is 0 Å². The number of aliphatic hydroxyl groups excluding tert-OH is 1. The van der Waals surface area contributed by atoms with Gasteiger partial charge >= 0.3 is 0 Å². The summed E-state index contributed by atoms with van der Waals surface area (Å²) in [4.78, 5) is 10.5. The number of unbranched alkanes of at least 4 members (excludes halogenated alkanes) is 1. The highest BCUT2D eigenvalue weighted by Gasteiger charge is 2.03. The molecule has 0 aromatic rings. The molecule has 0 saturated carbocycles. The summed E-state index contributed by atoms with van der Waals surface area (Å²) in [6.45, 7) is 4.67. The van der Waals surface area contributed by atoms with Crippen LogP contribution in [-0.2, 0) is 4.79 Å². The predicted octanol–water partition coefficient (Wildman–Crippen LogP) is 1.31. The van der Waals surface area contributed by atoms with Gasteiger partial charge in [0.05, 0.1) is 0 Å². The Morgan fingerprint density at radius 2 is 2.15 bits per heavy atom. The molecular formula is C10H21NO2. The van der Waals surface area contributed by atoms with Crippen LogP contribution < -0.4 is 5.32 Å². The van der Waals surface area contributed by atoms with Gasteiger partial charge in [0.25, 0.3) is 0 Å². The molecule has 1 atom stereocenters. The lowest BCUT2D eigenvalue weighted by Gasteiger charge is -2.10. The highest BCUT2D eigenvalue weighted by Crippen LogP contribution is 2.10. The van der Waals surface area contributed by atoms with Crippen LogP contribution in [0.4, 0.5) is 0 Å². The van der Waals surface area contributed by atoms with Crippen LogP contribution in [-0.4, -0.2) is 24.2 Å². The SMILES string of the molecule is CCC(CO)CCCCNC(C)=O. The Balaban J connectivity index is 3.19. The summed E-state index contributed by atoms with van der Waals surface area (Å²) in [7, 11) is 0. The maximum absolute atomic E-state index is 10.5. The lowest BCUT2D eigenvalue weighted by Crippen LogP contribution is -2.21.